The molecule has 0 N–H and O–H groups in total. The van der Waals surface area contributed by atoms with Gasteiger partial charge in [-0.15, -0.1) is 0 Å². The zero-order chi connectivity index (χ0) is 18.0. The van der Waals surface area contributed by atoms with Crippen molar-refractivity contribution in [1.29, 1.82) is 0 Å². The van der Waals surface area contributed by atoms with Gasteiger partial charge in [-0.2, -0.15) is 0 Å². The van der Waals surface area contributed by atoms with Crippen LogP contribution in [-0.2, 0) is 22.7 Å². The number of hydrogen-bond acceptors (Lipinski definition) is 6. The van der Waals surface area contributed by atoms with Gasteiger partial charge in [-0.25, -0.2) is 14.2 Å². The van der Waals surface area contributed by atoms with E-state index in [0.717, 1.165) is 0 Å². The van der Waals surface area contributed by atoms with E-state index in [4.69, 9.17) is 18.9 Å². The minimum atomic E-state index is -0.881. The first-order valence-corrected chi connectivity index (χ1v) is 7.70. The van der Waals surface area contributed by atoms with Crippen LogP contribution in [0, 0.1) is 5.82 Å². The number of halogens is 1. The maximum atomic E-state index is 13.0. The fourth-order valence-electron chi connectivity index (χ4n) is 2.42. The van der Waals surface area contributed by atoms with E-state index in [2.05, 4.69) is 4.98 Å². The zero-order valence-corrected chi connectivity index (χ0v) is 14.2. The number of rotatable bonds is 4. The van der Waals surface area contributed by atoms with E-state index >= 15 is 0 Å². The quantitative estimate of drug-likeness (QED) is 0.791. The molecule has 0 radical (unpaired) electrons. The standard InChI is InChI=1S/C18H18FNO5/c1-18(2)24-10-14-11(9-23-13-6-4-12(19)5-7-13)8-20-15(16(14)25-18)17(21)22-3/h4-8H,9-10H2,1-3H3. The van der Waals surface area contributed by atoms with Crippen LogP contribution in [0.1, 0.15) is 35.5 Å². The van der Waals surface area contributed by atoms with Crippen LogP contribution in [0.4, 0.5) is 4.39 Å². The van der Waals surface area contributed by atoms with Crippen molar-refractivity contribution in [3.63, 3.8) is 0 Å². The Bertz CT molecular complexity index is 789. The number of ether oxygens (including phenoxy) is 4. The van der Waals surface area contributed by atoms with Crippen LogP contribution in [0.3, 0.4) is 0 Å². The Hall–Kier alpha value is -2.67. The topological polar surface area (TPSA) is 66.9 Å². The average molecular weight is 347 g/mol. The first-order valence-electron chi connectivity index (χ1n) is 7.70. The van der Waals surface area contributed by atoms with Gasteiger partial charge in [-0.3, -0.25) is 0 Å². The predicted octanol–water partition coefficient (Wildman–Crippen LogP) is 3.23. The van der Waals surface area contributed by atoms with Crippen molar-refractivity contribution in [2.45, 2.75) is 32.8 Å². The van der Waals surface area contributed by atoms with Crippen LogP contribution >= 0.6 is 0 Å². The molecule has 0 atom stereocenters. The summed E-state index contributed by atoms with van der Waals surface area (Å²) in [6.07, 6.45) is 1.53. The highest BCUT2D eigenvalue weighted by Gasteiger charge is 2.33. The third-order valence-corrected chi connectivity index (χ3v) is 3.72. The summed E-state index contributed by atoms with van der Waals surface area (Å²) in [7, 11) is 1.28. The number of pyridine rings is 1. The molecule has 1 aromatic heterocycles. The molecular weight excluding hydrogens is 329 g/mol. The third kappa shape index (κ3) is 3.71. The Morgan fingerprint density at radius 1 is 1.32 bits per heavy atom. The van der Waals surface area contributed by atoms with E-state index in [1.54, 1.807) is 13.8 Å². The molecule has 0 bridgehead atoms. The Morgan fingerprint density at radius 3 is 2.72 bits per heavy atom. The van der Waals surface area contributed by atoms with E-state index < -0.39 is 11.8 Å². The molecule has 2 heterocycles. The Morgan fingerprint density at radius 2 is 2.04 bits per heavy atom. The highest BCUT2D eigenvalue weighted by molar-refractivity contribution is 5.91. The maximum absolute atomic E-state index is 13.0. The van der Waals surface area contributed by atoms with Crippen molar-refractivity contribution in [2.75, 3.05) is 7.11 Å². The first-order chi connectivity index (χ1) is 11.9. The molecular formula is C18H18FNO5. The first kappa shape index (κ1) is 17.2. The molecule has 0 saturated carbocycles. The molecule has 1 aliphatic rings. The van der Waals surface area contributed by atoms with Crippen LogP contribution in [0.5, 0.6) is 11.5 Å². The van der Waals surface area contributed by atoms with Gasteiger partial charge in [-0.1, -0.05) is 0 Å². The smallest absolute Gasteiger partial charge is 0.360 e. The number of aromatic nitrogens is 1. The van der Waals surface area contributed by atoms with Gasteiger partial charge < -0.3 is 18.9 Å². The number of nitrogens with zero attached hydrogens (tertiary/aromatic N) is 1. The lowest BCUT2D eigenvalue weighted by molar-refractivity contribution is -0.180. The fraction of sp³-hybridized carbons (Fsp3) is 0.333. The number of benzene rings is 1. The summed E-state index contributed by atoms with van der Waals surface area (Å²) in [5, 5.41) is 0. The van der Waals surface area contributed by atoms with E-state index in [-0.39, 0.29) is 24.7 Å². The number of carbonyl (C=O) groups is 1. The van der Waals surface area contributed by atoms with Gasteiger partial charge in [0, 0.05) is 31.2 Å². The lowest BCUT2D eigenvalue weighted by Crippen LogP contribution is -2.37. The summed E-state index contributed by atoms with van der Waals surface area (Å²) in [5.74, 6) is -0.945. The molecule has 2 aromatic rings. The van der Waals surface area contributed by atoms with Gasteiger partial charge in [0.05, 0.1) is 13.7 Å². The molecule has 1 aliphatic heterocycles. The van der Waals surface area contributed by atoms with Crippen molar-refractivity contribution in [3.05, 3.63) is 53.1 Å². The lowest BCUT2D eigenvalue weighted by atomic mass is 10.1. The summed E-state index contributed by atoms with van der Waals surface area (Å²) in [4.78, 5) is 16.1. The molecule has 0 amide bonds. The van der Waals surface area contributed by atoms with Crippen LogP contribution in [-0.4, -0.2) is 23.9 Å². The van der Waals surface area contributed by atoms with Crippen molar-refractivity contribution >= 4 is 5.97 Å². The van der Waals surface area contributed by atoms with E-state index in [1.807, 2.05) is 0 Å². The summed E-state index contributed by atoms with van der Waals surface area (Å²) < 4.78 is 34.8. The molecule has 25 heavy (non-hydrogen) atoms. The third-order valence-electron chi connectivity index (χ3n) is 3.72. The van der Waals surface area contributed by atoms with Gasteiger partial charge >= 0.3 is 5.97 Å². The monoisotopic (exact) mass is 347 g/mol. The molecule has 0 spiro atoms. The Labute approximate surface area is 144 Å². The number of hydrogen-bond donors (Lipinski definition) is 0. The van der Waals surface area contributed by atoms with Gasteiger partial charge in [0.1, 0.15) is 18.2 Å². The lowest BCUT2D eigenvalue weighted by Gasteiger charge is -2.34. The second-order valence-corrected chi connectivity index (χ2v) is 5.96. The Balaban J connectivity index is 1.90. The minimum absolute atomic E-state index is 0.0967. The maximum Gasteiger partial charge on any atom is 0.360 e. The average Bonchev–Trinajstić information content (AvgIpc) is 2.59. The normalized spacial score (nSPS) is 15.0. The molecule has 7 heteroatoms. The van der Waals surface area contributed by atoms with Gasteiger partial charge in [0.15, 0.2) is 11.4 Å². The van der Waals surface area contributed by atoms with Crippen LogP contribution in [0.2, 0.25) is 0 Å². The van der Waals surface area contributed by atoms with E-state index in [0.29, 0.717) is 22.6 Å². The summed E-state index contributed by atoms with van der Waals surface area (Å²) in [6, 6.07) is 5.71. The van der Waals surface area contributed by atoms with E-state index in [1.165, 1.54) is 37.6 Å². The van der Waals surface area contributed by atoms with E-state index in [9.17, 15) is 9.18 Å². The molecule has 6 nitrogen and oxygen atoms in total. The molecule has 0 fully saturated rings. The predicted molar refractivity (Wildman–Crippen MR) is 85.8 cm³/mol. The fourth-order valence-corrected chi connectivity index (χ4v) is 2.42. The number of methoxy groups -OCH3 is 1. The molecule has 1 aromatic carbocycles. The van der Waals surface area contributed by atoms with Crippen LogP contribution in [0.25, 0.3) is 0 Å². The second kappa shape index (κ2) is 6.68. The second-order valence-electron chi connectivity index (χ2n) is 5.96. The number of carbonyl (C=O) groups excluding carboxylic acids is 1. The number of esters is 1. The van der Waals surface area contributed by atoms with Gasteiger partial charge in [-0.05, 0) is 24.3 Å². The largest absolute Gasteiger partial charge is 0.489 e. The molecule has 0 saturated heterocycles. The van der Waals surface area contributed by atoms with Gasteiger partial charge in [0.2, 0.25) is 5.79 Å². The molecule has 0 aliphatic carbocycles. The van der Waals surface area contributed by atoms with Crippen molar-refractivity contribution in [3.8, 4) is 11.5 Å². The summed E-state index contributed by atoms with van der Waals surface area (Å²) >= 11 is 0. The van der Waals surface area contributed by atoms with Crippen LogP contribution < -0.4 is 9.47 Å². The van der Waals surface area contributed by atoms with Crippen LogP contribution in [0.15, 0.2) is 30.5 Å². The minimum Gasteiger partial charge on any atom is -0.489 e. The van der Waals surface area contributed by atoms with Crippen molar-refractivity contribution in [1.82, 2.24) is 4.98 Å². The summed E-state index contributed by atoms with van der Waals surface area (Å²) in [6.45, 7) is 3.92. The SMILES string of the molecule is COC(=O)c1ncc(COc2ccc(F)cc2)c2c1OC(C)(C)OC2. The highest BCUT2D eigenvalue weighted by Crippen LogP contribution is 2.36. The highest BCUT2D eigenvalue weighted by atomic mass is 19.1. The summed E-state index contributed by atoms with van der Waals surface area (Å²) in [5.41, 5.74) is 1.48. The Kier molecular flexibility index (Phi) is 4.59. The number of fused-ring (bicyclic) bond motifs is 1. The van der Waals surface area contributed by atoms with Crippen molar-refractivity contribution in [2.24, 2.45) is 0 Å². The molecule has 3 rings (SSSR count). The zero-order valence-electron chi connectivity index (χ0n) is 14.2. The van der Waals surface area contributed by atoms with Crippen molar-refractivity contribution < 1.29 is 28.1 Å². The van der Waals surface area contributed by atoms with Gasteiger partial charge in [0.25, 0.3) is 0 Å². The molecule has 132 valence electrons. The molecule has 0 unspecified atom stereocenters.